The van der Waals surface area contributed by atoms with Gasteiger partial charge in [0.25, 0.3) is 0 Å². The molecule has 0 amide bonds. The van der Waals surface area contributed by atoms with E-state index in [0.29, 0.717) is 24.1 Å². The first kappa shape index (κ1) is 27.9. The van der Waals surface area contributed by atoms with Crippen molar-refractivity contribution in [2.75, 3.05) is 50.1 Å². The summed E-state index contributed by atoms with van der Waals surface area (Å²) in [5.41, 5.74) is 2.58. The first-order chi connectivity index (χ1) is 19.6. The molecule has 40 heavy (non-hydrogen) atoms. The second-order valence-electron chi connectivity index (χ2n) is 10.7. The van der Waals surface area contributed by atoms with E-state index in [4.69, 9.17) is 4.74 Å². The van der Waals surface area contributed by atoms with Crippen molar-refractivity contribution in [2.45, 2.75) is 63.8 Å². The van der Waals surface area contributed by atoms with Gasteiger partial charge in [-0.1, -0.05) is 30.9 Å². The molecular formula is C29H39FN8O2. The summed E-state index contributed by atoms with van der Waals surface area (Å²) in [7, 11) is 1.44. The maximum absolute atomic E-state index is 14.6. The molecular weight excluding hydrogens is 511 g/mol. The quantitative estimate of drug-likeness (QED) is 0.247. The molecule has 0 unspecified atom stereocenters. The van der Waals surface area contributed by atoms with Crippen molar-refractivity contribution in [3.63, 3.8) is 0 Å². The highest BCUT2D eigenvalue weighted by molar-refractivity contribution is 5.69. The normalized spacial score (nSPS) is 16.4. The summed E-state index contributed by atoms with van der Waals surface area (Å²) < 4.78 is 21.1. The van der Waals surface area contributed by atoms with Crippen molar-refractivity contribution >= 4 is 23.3 Å². The van der Waals surface area contributed by atoms with Gasteiger partial charge in [-0.3, -0.25) is 9.69 Å². The van der Waals surface area contributed by atoms with E-state index in [1.807, 2.05) is 16.8 Å². The molecule has 3 heterocycles. The molecule has 0 spiro atoms. The third-order valence-corrected chi connectivity index (χ3v) is 7.89. The molecule has 2 aromatic heterocycles. The summed E-state index contributed by atoms with van der Waals surface area (Å²) in [5, 5.41) is 11.6. The van der Waals surface area contributed by atoms with Crippen LogP contribution < -0.4 is 10.2 Å². The monoisotopic (exact) mass is 550 g/mol. The molecule has 2 fully saturated rings. The molecule has 214 valence electrons. The molecule has 1 aliphatic carbocycles. The minimum absolute atomic E-state index is 0.117. The maximum Gasteiger partial charge on any atom is 0.305 e. The highest BCUT2D eigenvalue weighted by atomic mass is 19.1. The summed E-state index contributed by atoms with van der Waals surface area (Å²) in [6, 6.07) is 8.52. The van der Waals surface area contributed by atoms with Crippen LogP contribution >= 0.6 is 0 Å². The fourth-order valence-electron chi connectivity index (χ4n) is 5.51. The first-order valence-corrected chi connectivity index (χ1v) is 14.4. The van der Waals surface area contributed by atoms with E-state index < -0.39 is 5.82 Å². The van der Waals surface area contributed by atoms with Crippen LogP contribution in [0.2, 0.25) is 0 Å². The third-order valence-electron chi connectivity index (χ3n) is 7.89. The Kier molecular flexibility index (Phi) is 9.54. The summed E-state index contributed by atoms with van der Waals surface area (Å²) >= 11 is 0. The minimum atomic E-state index is -0.517. The molecule has 2 aliphatic rings. The van der Waals surface area contributed by atoms with Gasteiger partial charge in [0, 0.05) is 44.0 Å². The lowest BCUT2D eigenvalue weighted by Crippen LogP contribution is -2.46. The van der Waals surface area contributed by atoms with Crippen molar-refractivity contribution in [1.82, 2.24) is 29.9 Å². The van der Waals surface area contributed by atoms with Gasteiger partial charge in [-0.15, -0.1) is 5.10 Å². The number of rotatable bonds is 12. The molecule has 1 N–H and O–H groups in total. The fourth-order valence-corrected chi connectivity index (χ4v) is 5.51. The van der Waals surface area contributed by atoms with Crippen molar-refractivity contribution in [2.24, 2.45) is 0 Å². The number of carbonyl (C=O) groups excluding carboxylic acids is 1. The van der Waals surface area contributed by atoms with Gasteiger partial charge < -0.3 is 15.0 Å². The molecule has 1 aliphatic heterocycles. The van der Waals surface area contributed by atoms with Crippen LogP contribution in [0.4, 0.5) is 21.7 Å². The van der Waals surface area contributed by atoms with Gasteiger partial charge in [-0.2, -0.15) is 0 Å². The molecule has 5 rings (SSSR count). The van der Waals surface area contributed by atoms with E-state index in [2.05, 4.69) is 47.5 Å². The highest BCUT2D eigenvalue weighted by Gasteiger charge is 2.21. The number of piperazine rings is 1. The van der Waals surface area contributed by atoms with Gasteiger partial charge in [0.15, 0.2) is 5.82 Å². The zero-order valence-electron chi connectivity index (χ0n) is 23.3. The number of hydrogen-bond acceptors (Lipinski definition) is 9. The SMILES string of the molecule is COC(=O)CCCCCCN1CCN(c2ccc(Nc3ncc(F)c(-c4cn(C5CCCC5)nn4)n3)cc2)CC1. The smallest absolute Gasteiger partial charge is 0.305 e. The zero-order chi connectivity index (χ0) is 27.7. The van der Waals surface area contributed by atoms with Gasteiger partial charge in [-0.05, 0) is 56.5 Å². The number of carbonyl (C=O) groups is 1. The zero-order valence-corrected chi connectivity index (χ0v) is 23.3. The topological polar surface area (TPSA) is 101 Å². The first-order valence-electron chi connectivity index (χ1n) is 14.4. The second-order valence-corrected chi connectivity index (χ2v) is 10.7. The summed E-state index contributed by atoms with van der Waals surface area (Å²) in [4.78, 5) is 24.6. The Morgan fingerprint density at radius 1 is 1.05 bits per heavy atom. The molecule has 1 aromatic carbocycles. The number of methoxy groups -OCH3 is 1. The summed E-state index contributed by atoms with van der Waals surface area (Å²) in [6.07, 6.45) is 12.3. The second kappa shape index (κ2) is 13.6. The number of benzene rings is 1. The van der Waals surface area contributed by atoms with Gasteiger partial charge in [0.1, 0.15) is 11.4 Å². The molecule has 0 bridgehead atoms. The predicted octanol–water partition coefficient (Wildman–Crippen LogP) is 4.98. The molecule has 3 aromatic rings. The van der Waals surface area contributed by atoms with E-state index in [9.17, 15) is 9.18 Å². The number of ether oxygens (including phenoxy) is 1. The molecule has 0 atom stereocenters. The number of aromatic nitrogens is 5. The maximum atomic E-state index is 14.6. The number of esters is 1. The Hall–Kier alpha value is -3.60. The molecule has 1 saturated carbocycles. The van der Waals surface area contributed by atoms with E-state index in [0.717, 1.165) is 76.9 Å². The summed E-state index contributed by atoms with van der Waals surface area (Å²) in [6.45, 7) is 5.16. The van der Waals surface area contributed by atoms with Crippen LogP contribution in [0.15, 0.2) is 36.7 Å². The van der Waals surface area contributed by atoms with E-state index >= 15 is 0 Å². The number of halogens is 1. The van der Waals surface area contributed by atoms with Crippen LogP contribution in [-0.2, 0) is 9.53 Å². The Balaban J connectivity index is 1.09. The predicted molar refractivity (Wildman–Crippen MR) is 152 cm³/mol. The lowest BCUT2D eigenvalue weighted by atomic mass is 10.1. The number of hydrogen-bond donors (Lipinski definition) is 1. The van der Waals surface area contributed by atoms with E-state index in [1.54, 1.807) is 6.20 Å². The Labute approximate surface area is 234 Å². The van der Waals surface area contributed by atoms with Crippen LogP contribution in [0.25, 0.3) is 11.4 Å². The molecule has 1 saturated heterocycles. The van der Waals surface area contributed by atoms with Gasteiger partial charge in [0.05, 0.1) is 25.5 Å². The van der Waals surface area contributed by atoms with Crippen molar-refractivity contribution < 1.29 is 13.9 Å². The Morgan fingerprint density at radius 3 is 2.55 bits per heavy atom. The van der Waals surface area contributed by atoms with Crippen LogP contribution in [0, 0.1) is 5.82 Å². The van der Waals surface area contributed by atoms with Gasteiger partial charge in [0.2, 0.25) is 5.95 Å². The van der Waals surface area contributed by atoms with Crippen LogP contribution in [0.3, 0.4) is 0 Å². The highest BCUT2D eigenvalue weighted by Crippen LogP contribution is 2.30. The van der Waals surface area contributed by atoms with Crippen molar-refractivity contribution in [3.8, 4) is 11.4 Å². The van der Waals surface area contributed by atoms with Crippen molar-refractivity contribution in [1.29, 1.82) is 0 Å². The van der Waals surface area contributed by atoms with Crippen molar-refractivity contribution in [3.05, 3.63) is 42.5 Å². The van der Waals surface area contributed by atoms with Crippen LogP contribution in [-0.4, -0.2) is 75.7 Å². The fraction of sp³-hybridized carbons (Fsp3) is 0.552. The lowest BCUT2D eigenvalue weighted by molar-refractivity contribution is -0.140. The molecule has 10 nitrogen and oxygen atoms in total. The van der Waals surface area contributed by atoms with E-state index in [1.165, 1.54) is 31.8 Å². The third kappa shape index (κ3) is 7.32. The Morgan fingerprint density at radius 2 is 1.80 bits per heavy atom. The lowest BCUT2D eigenvalue weighted by Gasteiger charge is -2.36. The average molecular weight is 551 g/mol. The van der Waals surface area contributed by atoms with Crippen LogP contribution in [0.1, 0.15) is 63.8 Å². The van der Waals surface area contributed by atoms with Crippen LogP contribution in [0.5, 0.6) is 0 Å². The number of nitrogens with one attached hydrogen (secondary N) is 1. The Bertz CT molecular complexity index is 1240. The number of nitrogens with zero attached hydrogens (tertiary/aromatic N) is 7. The summed E-state index contributed by atoms with van der Waals surface area (Å²) in [5.74, 6) is -0.315. The van der Waals surface area contributed by atoms with Gasteiger partial charge >= 0.3 is 5.97 Å². The average Bonchev–Trinajstić information content (AvgIpc) is 3.69. The molecule has 11 heteroatoms. The van der Waals surface area contributed by atoms with E-state index in [-0.39, 0.29) is 11.7 Å². The largest absolute Gasteiger partial charge is 0.469 e. The number of unbranched alkanes of at least 4 members (excludes halogenated alkanes) is 3. The number of anilines is 3. The standard InChI is InChI=1S/C29H39FN8O2/c1-40-27(39)10-4-2-3-7-15-36-16-18-37(19-17-36)23-13-11-22(12-14-23)32-29-31-20-25(30)28(33-29)26-21-38(35-34-26)24-8-5-6-9-24/h11-14,20-21,24H,2-10,15-19H2,1H3,(H,31,32,33). The molecule has 0 radical (unpaired) electrons. The minimum Gasteiger partial charge on any atom is -0.469 e. The van der Waals surface area contributed by atoms with Gasteiger partial charge in [-0.25, -0.2) is 19.0 Å².